The Kier molecular flexibility index (Phi) is 3.84. The number of carbonyl (C=O) groups excluding carboxylic acids is 2. The van der Waals surface area contributed by atoms with Gasteiger partial charge in [0.2, 0.25) is 10.9 Å². The minimum atomic E-state index is -0.553. The van der Waals surface area contributed by atoms with E-state index in [1.54, 1.807) is 23.6 Å². The van der Waals surface area contributed by atoms with E-state index in [4.69, 9.17) is 4.74 Å². The molecule has 8 nitrogen and oxygen atoms in total. The Morgan fingerprint density at radius 3 is 3.08 bits per heavy atom. The number of hydrogen-bond donors (Lipinski definition) is 0. The monoisotopic (exact) mass is 380 g/mol. The van der Waals surface area contributed by atoms with Crippen LogP contribution in [0.25, 0.3) is 4.96 Å². The molecule has 2 aliphatic rings. The van der Waals surface area contributed by atoms with Gasteiger partial charge < -0.3 is 9.64 Å². The van der Waals surface area contributed by atoms with Gasteiger partial charge in [-0.2, -0.15) is 9.61 Å². The minimum absolute atomic E-state index is 0.000615. The average molecular weight is 380 g/mol. The zero-order valence-corrected chi connectivity index (χ0v) is 15.4. The first-order valence-corrected chi connectivity index (χ1v) is 9.67. The van der Waals surface area contributed by atoms with Gasteiger partial charge in [-0.3, -0.25) is 9.59 Å². The van der Waals surface area contributed by atoms with Gasteiger partial charge in [0.15, 0.2) is 5.01 Å². The number of rotatable bonds is 3. The second kappa shape index (κ2) is 5.80. The van der Waals surface area contributed by atoms with E-state index in [2.05, 4.69) is 10.1 Å². The predicted molar refractivity (Wildman–Crippen MR) is 92.4 cm³/mol. The van der Waals surface area contributed by atoms with Gasteiger partial charge in [-0.25, -0.2) is 9.78 Å². The third-order valence-corrected chi connectivity index (χ3v) is 6.86. The second-order valence-corrected chi connectivity index (χ2v) is 8.84. The number of thioether (sulfide) groups is 1. The van der Waals surface area contributed by atoms with Crippen LogP contribution in [0.2, 0.25) is 0 Å². The molecule has 132 valence electrons. The molecule has 0 aliphatic carbocycles. The molecule has 0 bridgehead atoms. The van der Waals surface area contributed by atoms with Crippen molar-refractivity contribution < 1.29 is 14.3 Å². The maximum absolute atomic E-state index is 12.4. The number of esters is 1. The molecule has 4 rings (SSSR count). The molecule has 2 aromatic heterocycles. The number of aryl methyl sites for hydroxylation is 1. The molecule has 2 aliphatic heterocycles. The van der Waals surface area contributed by atoms with Gasteiger partial charge in [-0.1, -0.05) is 11.3 Å². The van der Waals surface area contributed by atoms with Crippen LogP contribution in [0.3, 0.4) is 0 Å². The quantitative estimate of drug-likeness (QED) is 0.732. The second-order valence-electron chi connectivity index (χ2n) is 6.30. The number of ether oxygens (including phenoxy) is 1. The summed E-state index contributed by atoms with van der Waals surface area (Å²) in [5, 5.41) is 4.63. The summed E-state index contributed by atoms with van der Waals surface area (Å²) in [6.45, 7) is 3.69. The van der Waals surface area contributed by atoms with E-state index in [1.807, 2.05) is 6.92 Å². The smallest absolute Gasteiger partial charge is 0.330 e. The van der Waals surface area contributed by atoms with Crippen LogP contribution in [0.15, 0.2) is 10.9 Å². The summed E-state index contributed by atoms with van der Waals surface area (Å²) in [4.78, 5) is 42.5. The van der Waals surface area contributed by atoms with Crippen molar-refractivity contribution in [1.29, 1.82) is 0 Å². The molecule has 2 fully saturated rings. The van der Waals surface area contributed by atoms with Gasteiger partial charge >= 0.3 is 5.97 Å². The van der Waals surface area contributed by atoms with Crippen LogP contribution in [-0.2, 0) is 20.9 Å². The van der Waals surface area contributed by atoms with Crippen LogP contribution >= 0.6 is 23.1 Å². The van der Waals surface area contributed by atoms with E-state index in [1.165, 1.54) is 21.9 Å². The SMILES string of the molecule is Cc1cc(=O)n2nc(COC(=O)[C@H]3CS[C@@]4(C)CCC(=O)N34)sc2n1. The lowest BCUT2D eigenvalue weighted by atomic mass is 10.2. The van der Waals surface area contributed by atoms with Crippen molar-refractivity contribution in [1.82, 2.24) is 19.5 Å². The third kappa shape index (κ3) is 2.73. The molecule has 0 radical (unpaired) electrons. The lowest BCUT2D eigenvalue weighted by Gasteiger charge is -2.29. The fourth-order valence-electron chi connectivity index (χ4n) is 3.24. The van der Waals surface area contributed by atoms with Gasteiger partial charge in [0, 0.05) is 23.9 Å². The molecule has 4 heterocycles. The van der Waals surface area contributed by atoms with E-state index in [0.29, 0.717) is 27.8 Å². The average Bonchev–Trinajstić information content (AvgIpc) is 3.19. The summed E-state index contributed by atoms with van der Waals surface area (Å²) in [6.07, 6.45) is 1.23. The molecular formula is C15H16N4O4S2. The van der Waals surface area contributed by atoms with Gasteiger partial charge in [0.1, 0.15) is 12.6 Å². The van der Waals surface area contributed by atoms with E-state index < -0.39 is 12.0 Å². The van der Waals surface area contributed by atoms with Crippen LogP contribution < -0.4 is 5.56 Å². The van der Waals surface area contributed by atoms with Gasteiger partial charge in [-0.05, 0) is 20.3 Å². The van der Waals surface area contributed by atoms with Gasteiger partial charge in [-0.15, -0.1) is 11.8 Å². The Bertz CT molecular complexity index is 939. The van der Waals surface area contributed by atoms with Crippen molar-refractivity contribution in [2.75, 3.05) is 5.75 Å². The third-order valence-electron chi connectivity index (χ3n) is 4.47. The van der Waals surface area contributed by atoms with Crippen LogP contribution in [0.4, 0.5) is 0 Å². The van der Waals surface area contributed by atoms with E-state index >= 15 is 0 Å². The lowest BCUT2D eigenvalue weighted by molar-refractivity contribution is -0.154. The highest BCUT2D eigenvalue weighted by atomic mass is 32.2. The molecule has 25 heavy (non-hydrogen) atoms. The van der Waals surface area contributed by atoms with Crippen molar-refractivity contribution in [2.45, 2.75) is 44.2 Å². The molecule has 0 spiro atoms. The van der Waals surface area contributed by atoms with Crippen molar-refractivity contribution in [3.05, 3.63) is 27.1 Å². The fourth-order valence-corrected chi connectivity index (χ4v) is 5.52. The number of nitrogens with zero attached hydrogens (tertiary/aromatic N) is 4. The normalized spacial score (nSPS) is 25.6. The first-order valence-electron chi connectivity index (χ1n) is 7.86. The largest absolute Gasteiger partial charge is 0.457 e. The Hall–Kier alpha value is -1.94. The molecular weight excluding hydrogens is 364 g/mol. The molecule has 2 aromatic rings. The maximum Gasteiger partial charge on any atom is 0.330 e. The zero-order valence-electron chi connectivity index (χ0n) is 13.7. The number of amides is 1. The molecule has 0 N–H and O–H groups in total. The Morgan fingerprint density at radius 1 is 1.48 bits per heavy atom. The predicted octanol–water partition coefficient (Wildman–Crippen LogP) is 0.957. The lowest BCUT2D eigenvalue weighted by Crippen LogP contribution is -2.46. The van der Waals surface area contributed by atoms with E-state index in [9.17, 15) is 14.4 Å². The maximum atomic E-state index is 12.4. The van der Waals surface area contributed by atoms with E-state index in [0.717, 1.165) is 6.42 Å². The molecule has 0 saturated carbocycles. The number of aromatic nitrogens is 3. The molecule has 10 heteroatoms. The summed E-state index contributed by atoms with van der Waals surface area (Å²) in [6, 6.07) is 0.848. The van der Waals surface area contributed by atoms with Gasteiger partial charge in [0.05, 0.1) is 4.87 Å². The van der Waals surface area contributed by atoms with Crippen LogP contribution in [0, 0.1) is 6.92 Å². The highest BCUT2D eigenvalue weighted by Gasteiger charge is 2.53. The molecule has 1 amide bonds. The standard InChI is InChI=1S/C15H16N4O4S2/c1-8-5-12(21)19-14(16-8)25-10(17-19)6-23-13(22)9-7-24-15(2)4-3-11(20)18(9)15/h5,9H,3-4,6-7H2,1-2H3/t9-,15+/m1/s1. The molecule has 2 saturated heterocycles. The Labute approximate surface area is 151 Å². The summed E-state index contributed by atoms with van der Waals surface area (Å²) in [5.41, 5.74) is 0.356. The summed E-state index contributed by atoms with van der Waals surface area (Å²) in [7, 11) is 0. The fraction of sp³-hybridized carbons (Fsp3) is 0.533. The highest BCUT2D eigenvalue weighted by Crippen LogP contribution is 2.47. The topological polar surface area (TPSA) is 93.9 Å². The number of fused-ring (bicyclic) bond motifs is 2. The minimum Gasteiger partial charge on any atom is -0.457 e. The number of hydrogen-bond acceptors (Lipinski definition) is 8. The molecule has 0 aromatic carbocycles. The van der Waals surface area contributed by atoms with Crippen molar-refractivity contribution in [2.24, 2.45) is 0 Å². The number of carbonyl (C=O) groups is 2. The van der Waals surface area contributed by atoms with E-state index in [-0.39, 0.29) is 22.9 Å². The first-order chi connectivity index (χ1) is 11.9. The van der Waals surface area contributed by atoms with Crippen molar-refractivity contribution >= 4 is 39.9 Å². The summed E-state index contributed by atoms with van der Waals surface area (Å²) in [5.74, 6) is 0.115. The summed E-state index contributed by atoms with van der Waals surface area (Å²) >= 11 is 2.83. The van der Waals surface area contributed by atoms with Crippen molar-refractivity contribution in [3.8, 4) is 0 Å². The highest BCUT2D eigenvalue weighted by molar-refractivity contribution is 8.01. The van der Waals surface area contributed by atoms with Crippen LogP contribution in [0.5, 0.6) is 0 Å². The van der Waals surface area contributed by atoms with Crippen molar-refractivity contribution in [3.63, 3.8) is 0 Å². The summed E-state index contributed by atoms with van der Waals surface area (Å²) < 4.78 is 6.57. The Balaban J connectivity index is 1.48. The Morgan fingerprint density at radius 2 is 2.28 bits per heavy atom. The van der Waals surface area contributed by atoms with Gasteiger partial charge in [0.25, 0.3) is 5.56 Å². The van der Waals surface area contributed by atoms with Crippen LogP contribution in [-0.4, -0.2) is 48.0 Å². The first kappa shape index (κ1) is 16.5. The zero-order chi connectivity index (χ0) is 17.8. The molecule has 2 atom stereocenters. The van der Waals surface area contributed by atoms with Crippen LogP contribution in [0.1, 0.15) is 30.5 Å². The molecule has 0 unspecified atom stereocenters.